The standard InChI is InChI=1S/C21H27F2N9/c1-12-28-30-31-32(12)17-8-13(6-7-15(17)22)26-19-24-11-16(23)18(27-19)25-14-9-20(2,3)29-21(4,5)10-14/h6-8,11,14,29H,9-10H2,1-5H3,(H2,24,25,26,27). The fourth-order valence-corrected chi connectivity index (χ4v) is 4.48. The van der Waals surface area contributed by atoms with Crippen molar-refractivity contribution in [2.24, 2.45) is 0 Å². The first-order valence-electron chi connectivity index (χ1n) is 10.4. The van der Waals surface area contributed by atoms with E-state index >= 15 is 0 Å². The van der Waals surface area contributed by atoms with Crippen LogP contribution in [-0.2, 0) is 0 Å². The van der Waals surface area contributed by atoms with Gasteiger partial charge >= 0.3 is 0 Å². The second-order valence-electron chi connectivity index (χ2n) is 9.46. The maximum atomic E-state index is 14.5. The van der Waals surface area contributed by atoms with Gasteiger partial charge in [-0.1, -0.05) is 0 Å². The van der Waals surface area contributed by atoms with E-state index in [1.807, 2.05) is 0 Å². The zero-order valence-electron chi connectivity index (χ0n) is 18.7. The Kier molecular flexibility index (Phi) is 5.53. The van der Waals surface area contributed by atoms with E-state index in [1.54, 1.807) is 6.92 Å². The largest absolute Gasteiger partial charge is 0.365 e. The van der Waals surface area contributed by atoms with Gasteiger partial charge in [0.2, 0.25) is 5.95 Å². The maximum Gasteiger partial charge on any atom is 0.229 e. The molecule has 0 unspecified atom stereocenters. The Morgan fingerprint density at radius 3 is 2.47 bits per heavy atom. The molecule has 0 saturated carbocycles. The van der Waals surface area contributed by atoms with Gasteiger partial charge in [-0.15, -0.1) is 5.10 Å². The first-order chi connectivity index (χ1) is 15.0. The highest BCUT2D eigenvalue weighted by Crippen LogP contribution is 2.31. The summed E-state index contributed by atoms with van der Waals surface area (Å²) >= 11 is 0. The molecule has 1 aliphatic heterocycles. The van der Waals surface area contributed by atoms with Crippen LogP contribution in [0.2, 0.25) is 0 Å². The third-order valence-electron chi connectivity index (χ3n) is 5.33. The van der Waals surface area contributed by atoms with Gasteiger partial charge in [0.15, 0.2) is 17.5 Å². The third-order valence-corrected chi connectivity index (χ3v) is 5.33. The van der Waals surface area contributed by atoms with Crippen molar-refractivity contribution in [3.63, 3.8) is 0 Å². The summed E-state index contributed by atoms with van der Waals surface area (Å²) in [5, 5.41) is 21.0. The molecule has 3 heterocycles. The number of halogens is 2. The minimum absolute atomic E-state index is 0.0405. The second-order valence-corrected chi connectivity index (χ2v) is 9.46. The quantitative estimate of drug-likeness (QED) is 0.550. The smallest absolute Gasteiger partial charge is 0.229 e. The first-order valence-corrected chi connectivity index (χ1v) is 10.4. The maximum absolute atomic E-state index is 14.5. The number of aromatic nitrogens is 6. The molecule has 0 aliphatic carbocycles. The summed E-state index contributed by atoms with van der Waals surface area (Å²) in [7, 11) is 0. The molecule has 1 fully saturated rings. The lowest BCUT2D eigenvalue weighted by Crippen LogP contribution is -2.60. The number of piperidine rings is 1. The van der Waals surface area contributed by atoms with Crippen molar-refractivity contribution >= 4 is 17.5 Å². The summed E-state index contributed by atoms with van der Waals surface area (Å²) in [6, 6.07) is 4.41. The molecular weight excluding hydrogens is 416 g/mol. The molecular formula is C21H27F2N9. The van der Waals surface area contributed by atoms with Gasteiger partial charge in [-0.2, -0.15) is 9.67 Å². The molecule has 9 nitrogen and oxygen atoms in total. The van der Waals surface area contributed by atoms with Crippen LogP contribution in [0.5, 0.6) is 0 Å². The van der Waals surface area contributed by atoms with E-state index in [-0.39, 0.29) is 34.6 Å². The van der Waals surface area contributed by atoms with Crippen LogP contribution in [0.25, 0.3) is 5.69 Å². The lowest BCUT2D eigenvalue weighted by Gasteiger charge is -2.46. The van der Waals surface area contributed by atoms with E-state index < -0.39 is 11.6 Å². The van der Waals surface area contributed by atoms with Crippen LogP contribution in [0.3, 0.4) is 0 Å². The first kappa shape index (κ1) is 22.0. The van der Waals surface area contributed by atoms with E-state index in [0.29, 0.717) is 11.5 Å². The van der Waals surface area contributed by atoms with Gasteiger partial charge < -0.3 is 16.0 Å². The molecule has 1 saturated heterocycles. The van der Waals surface area contributed by atoms with Crippen LogP contribution in [0.15, 0.2) is 24.4 Å². The van der Waals surface area contributed by atoms with Gasteiger partial charge in [0, 0.05) is 22.8 Å². The highest BCUT2D eigenvalue weighted by molar-refractivity contribution is 5.59. The molecule has 0 amide bonds. The topological polar surface area (TPSA) is 105 Å². The van der Waals surface area contributed by atoms with Gasteiger partial charge in [-0.05, 0) is 76.1 Å². The molecule has 0 spiro atoms. The summed E-state index contributed by atoms with van der Waals surface area (Å²) in [6.07, 6.45) is 2.75. The molecule has 0 radical (unpaired) electrons. The minimum Gasteiger partial charge on any atom is -0.365 e. The third kappa shape index (κ3) is 4.82. The summed E-state index contributed by atoms with van der Waals surface area (Å²) in [5.41, 5.74) is 0.501. The molecule has 4 rings (SSSR count). The summed E-state index contributed by atoms with van der Waals surface area (Å²) < 4.78 is 30.1. The molecule has 0 atom stereocenters. The van der Waals surface area contributed by atoms with Crippen molar-refractivity contribution in [3.8, 4) is 5.69 Å². The molecule has 3 N–H and O–H groups in total. The van der Waals surface area contributed by atoms with Crippen LogP contribution in [0.4, 0.5) is 26.2 Å². The van der Waals surface area contributed by atoms with Gasteiger partial charge in [0.25, 0.3) is 0 Å². The predicted molar refractivity (Wildman–Crippen MR) is 117 cm³/mol. The van der Waals surface area contributed by atoms with Crippen molar-refractivity contribution in [1.29, 1.82) is 0 Å². The summed E-state index contributed by atoms with van der Waals surface area (Å²) in [4.78, 5) is 8.35. The normalized spacial score (nSPS) is 17.8. The Hall–Kier alpha value is -3.21. The van der Waals surface area contributed by atoms with E-state index in [0.717, 1.165) is 19.0 Å². The molecule has 3 aromatic rings. The number of benzene rings is 1. The lowest BCUT2D eigenvalue weighted by atomic mass is 9.79. The van der Waals surface area contributed by atoms with Crippen LogP contribution in [0, 0.1) is 18.6 Å². The van der Waals surface area contributed by atoms with Crippen molar-refractivity contribution in [2.75, 3.05) is 10.6 Å². The number of anilines is 3. The van der Waals surface area contributed by atoms with Gasteiger partial charge in [0.05, 0.1) is 6.20 Å². The van der Waals surface area contributed by atoms with Crippen molar-refractivity contribution < 1.29 is 8.78 Å². The number of rotatable bonds is 5. The number of hydrogen-bond donors (Lipinski definition) is 3. The van der Waals surface area contributed by atoms with Crippen LogP contribution >= 0.6 is 0 Å². The van der Waals surface area contributed by atoms with Gasteiger partial charge in [0.1, 0.15) is 11.5 Å². The summed E-state index contributed by atoms with van der Waals surface area (Å²) in [6.45, 7) is 10.2. The highest BCUT2D eigenvalue weighted by atomic mass is 19.1. The summed E-state index contributed by atoms with van der Waals surface area (Å²) in [5.74, 6) is -0.260. The van der Waals surface area contributed by atoms with E-state index in [2.05, 4.69) is 69.1 Å². The van der Waals surface area contributed by atoms with E-state index in [4.69, 9.17) is 0 Å². The monoisotopic (exact) mass is 443 g/mol. The fourth-order valence-electron chi connectivity index (χ4n) is 4.48. The zero-order valence-corrected chi connectivity index (χ0v) is 18.7. The average molecular weight is 444 g/mol. The number of aryl methyl sites for hydroxylation is 1. The van der Waals surface area contributed by atoms with Gasteiger partial charge in [-0.3, -0.25) is 0 Å². The second kappa shape index (κ2) is 8.05. The van der Waals surface area contributed by atoms with Crippen molar-refractivity contribution in [2.45, 2.75) is 64.6 Å². The number of hydrogen-bond acceptors (Lipinski definition) is 8. The van der Waals surface area contributed by atoms with Crippen LogP contribution < -0.4 is 16.0 Å². The fraction of sp³-hybridized carbons (Fsp3) is 0.476. The molecule has 2 aromatic heterocycles. The zero-order chi connectivity index (χ0) is 23.1. The van der Waals surface area contributed by atoms with Crippen LogP contribution in [0.1, 0.15) is 46.4 Å². The van der Waals surface area contributed by atoms with Crippen molar-refractivity contribution in [1.82, 2.24) is 35.5 Å². The average Bonchev–Trinajstić information content (AvgIpc) is 3.09. The SMILES string of the molecule is Cc1nnnn1-c1cc(Nc2ncc(F)c(NC3CC(C)(C)NC(C)(C)C3)n2)ccc1F. The van der Waals surface area contributed by atoms with Crippen molar-refractivity contribution in [3.05, 3.63) is 41.9 Å². The van der Waals surface area contributed by atoms with Gasteiger partial charge in [-0.25, -0.2) is 13.8 Å². The van der Waals surface area contributed by atoms with E-state index in [1.165, 1.54) is 22.9 Å². The molecule has 1 aliphatic rings. The molecule has 0 bridgehead atoms. The lowest BCUT2D eigenvalue weighted by molar-refractivity contribution is 0.170. The molecule has 32 heavy (non-hydrogen) atoms. The van der Waals surface area contributed by atoms with E-state index in [9.17, 15) is 8.78 Å². The number of nitrogens with one attached hydrogen (secondary N) is 3. The molecule has 170 valence electrons. The Morgan fingerprint density at radius 2 is 1.81 bits per heavy atom. The Labute approximate surface area is 185 Å². The highest BCUT2D eigenvalue weighted by Gasteiger charge is 2.38. The predicted octanol–water partition coefficient (Wildman–Crippen LogP) is 3.50. The number of nitrogens with zero attached hydrogens (tertiary/aromatic N) is 6. The van der Waals surface area contributed by atoms with Crippen LogP contribution in [-0.4, -0.2) is 47.3 Å². The Morgan fingerprint density at radius 1 is 1.09 bits per heavy atom. The minimum atomic E-state index is -0.534. The molecule has 1 aromatic carbocycles. The number of tetrazole rings is 1. The Balaban J connectivity index is 1.56. The Bertz CT molecular complexity index is 1110. The molecule has 11 heteroatoms.